The molecule has 2 aromatic carbocycles. The van der Waals surface area contributed by atoms with Crippen molar-refractivity contribution >= 4 is 0 Å². The van der Waals surface area contributed by atoms with Crippen LogP contribution in [0.3, 0.4) is 0 Å². The molecular formula is C16H19N. The van der Waals surface area contributed by atoms with E-state index in [1.165, 1.54) is 11.1 Å². The van der Waals surface area contributed by atoms with Gasteiger partial charge in [-0.1, -0.05) is 74.5 Å². The highest BCUT2D eigenvalue weighted by molar-refractivity contribution is 5.38. The van der Waals surface area contributed by atoms with E-state index < -0.39 is 5.54 Å². The van der Waals surface area contributed by atoms with Crippen LogP contribution in [0.15, 0.2) is 60.7 Å². The van der Waals surface area contributed by atoms with Gasteiger partial charge in [0.2, 0.25) is 0 Å². The Balaban J connectivity index is 2.55. The standard InChI is InChI=1S/C16H19N/c1-13(2)16(17,14-9-5-3-6-10-14)15-11-7-4-8-12-15/h3-13H,17H2,1-2H3. The Bertz CT molecular complexity index is 420. The average Bonchev–Trinajstić information content (AvgIpc) is 2.39. The van der Waals surface area contributed by atoms with Crippen LogP contribution in [0.2, 0.25) is 0 Å². The summed E-state index contributed by atoms with van der Waals surface area (Å²) in [6, 6.07) is 20.6. The van der Waals surface area contributed by atoms with Gasteiger partial charge in [-0.15, -0.1) is 0 Å². The topological polar surface area (TPSA) is 26.0 Å². The Morgan fingerprint density at radius 1 is 0.765 bits per heavy atom. The molecule has 0 fully saturated rings. The summed E-state index contributed by atoms with van der Waals surface area (Å²) in [5.74, 6) is 0.340. The lowest BCUT2D eigenvalue weighted by Crippen LogP contribution is -2.43. The van der Waals surface area contributed by atoms with Crippen LogP contribution < -0.4 is 5.73 Å². The molecule has 0 spiro atoms. The monoisotopic (exact) mass is 225 g/mol. The van der Waals surface area contributed by atoms with Crippen LogP contribution in [0, 0.1) is 5.92 Å². The summed E-state index contributed by atoms with van der Waals surface area (Å²) >= 11 is 0. The first-order valence-corrected chi connectivity index (χ1v) is 6.05. The molecule has 0 radical (unpaired) electrons. The number of nitrogens with two attached hydrogens (primary N) is 1. The van der Waals surface area contributed by atoms with Crippen molar-refractivity contribution in [3.05, 3.63) is 71.8 Å². The number of rotatable bonds is 3. The smallest absolute Gasteiger partial charge is 0.0688 e. The molecule has 88 valence electrons. The lowest BCUT2D eigenvalue weighted by atomic mass is 9.75. The summed E-state index contributed by atoms with van der Waals surface area (Å²) in [7, 11) is 0. The van der Waals surface area contributed by atoms with Gasteiger partial charge < -0.3 is 5.73 Å². The summed E-state index contributed by atoms with van der Waals surface area (Å²) in [6.45, 7) is 4.33. The summed E-state index contributed by atoms with van der Waals surface area (Å²) in [5.41, 5.74) is 8.60. The molecule has 0 unspecified atom stereocenters. The van der Waals surface area contributed by atoms with Gasteiger partial charge in [-0.2, -0.15) is 0 Å². The third-order valence-electron chi connectivity index (χ3n) is 3.41. The first-order valence-electron chi connectivity index (χ1n) is 6.05. The Morgan fingerprint density at radius 2 is 1.12 bits per heavy atom. The van der Waals surface area contributed by atoms with Gasteiger partial charge in [0.25, 0.3) is 0 Å². The van der Waals surface area contributed by atoms with E-state index in [1.54, 1.807) is 0 Å². The fraction of sp³-hybridized carbons (Fsp3) is 0.250. The van der Waals surface area contributed by atoms with Crippen molar-refractivity contribution in [1.82, 2.24) is 0 Å². The van der Waals surface area contributed by atoms with Crippen LogP contribution >= 0.6 is 0 Å². The van der Waals surface area contributed by atoms with Crippen molar-refractivity contribution in [2.24, 2.45) is 11.7 Å². The molecule has 0 amide bonds. The molecule has 0 heterocycles. The second-order valence-corrected chi connectivity index (χ2v) is 4.76. The molecule has 0 aliphatic heterocycles. The number of hydrogen-bond acceptors (Lipinski definition) is 1. The molecule has 1 heteroatoms. The molecular weight excluding hydrogens is 206 g/mol. The van der Waals surface area contributed by atoms with Crippen molar-refractivity contribution in [3.63, 3.8) is 0 Å². The SMILES string of the molecule is CC(C)C(N)(c1ccccc1)c1ccccc1. The van der Waals surface area contributed by atoms with E-state index in [2.05, 4.69) is 38.1 Å². The molecule has 0 bridgehead atoms. The predicted molar refractivity (Wildman–Crippen MR) is 72.7 cm³/mol. The highest BCUT2D eigenvalue weighted by Gasteiger charge is 2.32. The van der Waals surface area contributed by atoms with Crippen molar-refractivity contribution in [2.75, 3.05) is 0 Å². The molecule has 0 aliphatic carbocycles. The Hall–Kier alpha value is -1.60. The van der Waals surface area contributed by atoms with Crippen molar-refractivity contribution in [3.8, 4) is 0 Å². The van der Waals surface area contributed by atoms with Gasteiger partial charge in [-0.05, 0) is 17.0 Å². The first-order chi connectivity index (χ1) is 8.15. The van der Waals surface area contributed by atoms with E-state index in [0.717, 1.165) is 0 Å². The first kappa shape index (κ1) is 11.9. The minimum Gasteiger partial charge on any atom is -0.318 e. The maximum atomic E-state index is 6.68. The predicted octanol–water partition coefficient (Wildman–Crippen LogP) is 3.54. The average molecular weight is 225 g/mol. The molecule has 0 saturated carbocycles. The highest BCUT2D eigenvalue weighted by atomic mass is 14.8. The lowest BCUT2D eigenvalue weighted by Gasteiger charge is -2.35. The van der Waals surface area contributed by atoms with E-state index >= 15 is 0 Å². The van der Waals surface area contributed by atoms with Gasteiger partial charge in [0, 0.05) is 0 Å². The summed E-state index contributed by atoms with van der Waals surface area (Å²) in [4.78, 5) is 0. The molecule has 2 rings (SSSR count). The van der Waals surface area contributed by atoms with Gasteiger partial charge in [-0.25, -0.2) is 0 Å². The fourth-order valence-corrected chi connectivity index (χ4v) is 2.26. The Labute approximate surface area is 103 Å². The van der Waals surface area contributed by atoms with E-state index in [-0.39, 0.29) is 0 Å². The molecule has 0 saturated heterocycles. The lowest BCUT2D eigenvalue weighted by molar-refractivity contribution is 0.383. The minimum absolute atomic E-state index is 0.340. The fourth-order valence-electron chi connectivity index (χ4n) is 2.26. The molecule has 0 aromatic heterocycles. The third-order valence-corrected chi connectivity index (χ3v) is 3.41. The molecule has 17 heavy (non-hydrogen) atoms. The molecule has 1 nitrogen and oxygen atoms in total. The van der Waals surface area contributed by atoms with Gasteiger partial charge in [0.15, 0.2) is 0 Å². The van der Waals surface area contributed by atoms with Crippen molar-refractivity contribution in [1.29, 1.82) is 0 Å². The van der Waals surface area contributed by atoms with Crippen LogP contribution in [0.4, 0.5) is 0 Å². The van der Waals surface area contributed by atoms with Gasteiger partial charge >= 0.3 is 0 Å². The molecule has 2 N–H and O–H groups in total. The normalized spacial score (nSPS) is 11.8. The van der Waals surface area contributed by atoms with Gasteiger partial charge in [0.05, 0.1) is 5.54 Å². The number of hydrogen-bond donors (Lipinski definition) is 1. The van der Waals surface area contributed by atoms with E-state index in [0.29, 0.717) is 5.92 Å². The van der Waals surface area contributed by atoms with Crippen molar-refractivity contribution < 1.29 is 0 Å². The zero-order valence-corrected chi connectivity index (χ0v) is 10.4. The van der Waals surface area contributed by atoms with E-state index in [1.807, 2.05) is 36.4 Å². The second kappa shape index (κ2) is 4.72. The molecule has 0 aliphatic rings. The second-order valence-electron chi connectivity index (χ2n) is 4.76. The maximum absolute atomic E-state index is 6.68. The Kier molecular flexibility index (Phi) is 3.30. The third kappa shape index (κ3) is 2.11. The largest absolute Gasteiger partial charge is 0.318 e. The van der Waals surface area contributed by atoms with Crippen molar-refractivity contribution in [2.45, 2.75) is 19.4 Å². The van der Waals surface area contributed by atoms with Crippen LogP contribution in [0.5, 0.6) is 0 Å². The van der Waals surface area contributed by atoms with Crippen LogP contribution in [-0.4, -0.2) is 0 Å². The molecule has 0 atom stereocenters. The maximum Gasteiger partial charge on any atom is 0.0688 e. The number of benzene rings is 2. The highest BCUT2D eigenvalue weighted by Crippen LogP contribution is 2.33. The van der Waals surface area contributed by atoms with Gasteiger partial charge in [-0.3, -0.25) is 0 Å². The Morgan fingerprint density at radius 3 is 1.41 bits per heavy atom. The van der Waals surface area contributed by atoms with Crippen LogP contribution in [-0.2, 0) is 5.54 Å². The summed E-state index contributed by atoms with van der Waals surface area (Å²) in [6.07, 6.45) is 0. The summed E-state index contributed by atoms with van der Waals surface area (Å²) < 4.78 is 0. The zero-order chi connectivity index (χ0) is 12.3. The van der Waals surface area contributed by atoms with E-state index in [4.69, 9.17) is 5.73 Å². The van der Waals surface area contributed by atoms with Crippen LogP contribution in [0.1, 0.15) is 25.0 Å². The van der Waals surface area contributed by atoms with Gasteiger partial charge in [0.1, 0.15) is 0 Å². The zero-order valence-electron chi connectivity index (χ0n) is 10.4. The van der Waals surface area contributed by atoms with Crippen LogP contribution in [0.25, 0.3) is 0 Å². The molecule has 2 aromatic rings. The summed E-state index contributed by atoms with van der Waals surface area (Å²) in [5, 5.41) is 0. The van der Waals surface area contributed by atoms with E-state index in [9.17, 15) is 0 Å². The quantitative estimate of drug-likeness (QED) is 0.849. The minimum atomic E-state index is -0.414.